The summed E-state index contributed by atoms with van der Waals surface area (Å²) in [5.74, 6) is -0.638. The number of hydrogen-bond donors (Lipinski definition) is 3. The summed E-state index contributed by atoms with van der Waals surface area (Å²) in [6.07, 6.45) is 0. The predicted octanol–water partition coefficient (Wildman–Crippen LogP) is 3.23. The van der Waals surface area contributed by atoms with Crippen LogP contribution < -0.4 is 16.0 Å². The third-order valence-corrected chi connectivity index (χ3v) is 7.09. The highest BCUT2D eigenvalue weighted by molar-refractivity contribution is 7.89. The molecule has 0 aliphatic rings. The molecule has 0 unspecified atom stereocenters. The molecular weight excluding hydrogens is 452 g/mol. The van der Waals surface area contributed by atoms with Crippen molar-refractivity contribution in [3.8, 4) is 0 Å². The molecule has 0 saturated carbocycles. The summed E-state index contributed by atoms with van der Waals surface area (Å²) in [5.41, 5.74) is 2.87. The highest BCUT2D eigenvalue weighted by atomic mass is 32.2. The van der Waals surface area contributed by atoms with Crippen LogP contribution in [0.5, 0.6) is 0 Å². The first kappa shape index (κ1) is 24.9. The number of carbonyl (C=O) groups excluding carboxylic acids is 2. The zero-order chi connectivity index (χ0) is 24.7. The average Bonchev–Trinajstić information content (AvgIpc) is 2.83. The van der Waals surface area contributed by atoms with Crippen molar-refractivity contribution in [3.05, 3.63) is 89.5 Å². The summed E-state index contributed by atoms with van der Waals surface area (Å²) in [5, 5.41) is 8.57. The van der Waals surface area contributed by atoms with Gasteiger partial charge in [-0.2, -0.15) is 0 Å². The minimum Gasteiger partial charge on any atom is -0.376 e. The van der Waals surface area contributed by atoms with Crippen LogP contribution in [0.1, 0.15) is 21.5 Å². The Kier molecular flexibility index (Phi) is 8.04. The number of para-hydroxylation sites is 1. The molecule has 8 nitrogen and oxygen atoms in total. The fourth-order valence-electron chi connectivity index (χ4n) is 3.24. The summed E-state index contributed by atoms with van der Waals surface area (Å²) in [7, 11) is -0.728. The topological polar surface area (TPSA) is 108 Å². The molecule has 0 aliphatic carbocycles. The molecule has 3 rings (SSSR count). The molecular formula is C25H28N4O4S. The number of nitrogens with one attached hydrogen (secondary N) is 3. The zero-order valence-corrected chi connectivity index (χ0v) is 20.1. The van der Waals surface area contributed by atoms with Crippen LogP contribution in [0.4, 0.5) is 11.4 Å². The van der Waals surface area contributed by atoms with Gasteiger partial charge in [-0.25, -0.2) is 12.7 Å². The number of benzene rings is 3. The van der Waals surface area contributed by atoms with E-state index in [1.165, 1.54) is 20.2 Å². The van der Waals surface area contributed by atoms with Crippen molar-refractivity contribution in [1.29, 1.82) is 0 Å². The Bertz CT molecular complexity index is 1280. The Balaban J connectivity index is 1.64. The van der Waals surface area contributed by atoms with E-state index < -0.39 is 10.0 Å². The molecule has 3 aromatic rings. The van der Waals surface area contributed by atoms with E-state index in [1.807, 2.05) is 30.3 Å². The molecule has 3 N–H and O–H groups in total. The molecule has 0 atom stereocenters. The van der Waals surface area contributed by atoms with Crippen LogP contribution in [0.15, 0.2) is 77.7 Å². The lowest BCUT2D eigenvalue weighted by Crippen LogP contribution is -2.26. The van der Waals surface area contributed by atoms with Gasteiger partial charge in [-0.3, -0.25) is 9.59 Å². The van der Waals surface area contributed by atoms with Gasteiger partial charge in [-0.1, -0.05) is 48.5 Å². The third kappa shape index (κ3) is 6.21. The maximum Gasteiger partial charge on any atom is 0.253 e. The number of anilines is 2. The Hall–Kier alpha value is -3.69. The lowest BCUT2D eigenvalue weighted by molar-refractivity contribution is -0.114. The fraction of sp³-hybridized carbons (Fsp3) is 0.200. The summed E-state index contributed by atoms with van der Waals surface area (Å²) in [6.45, 7) is 1.98. The Labute approximate surface area is 200 Å². The summed E-state index contributed by atoms with van der Waals surface area (Å²) >= 11 is 0. The first-order chi connectivity index (χ1) is 16.2. The second-order valence-electron chi connectivity index (χ2n) is 7.88. The van der Waals surface area contributed by atoms with Crippen LogP contribution in [0, 0.1) is 6.92 Å². The normalized spacial score (nSPS) is 11.2. The molecule has 0 radical (unpaired) electrons. The monoisotopic (exact) mass is 480 g/mol. The van der Waals surface area contributed by atoms with Crippen LogP contribution in [0.2, 0.25) is 0 Å². The van der Waals surface area contributed by atoms with E-state index in [9.17, 15) is 18.0 Å². The molecule has 178 valence electrons. The molecule has 3 aromatic carbocycles. The third-order valence-electron chi connectivity index (χ3n) is 5.14. The minimum absolute atomic E-state index is 0.105. The Morgan fingerprint density at radius 2 is 1.59 bits per heavy atom. The molecule has 0 fully saturated rings. The van der Waals surface area contributed by atoms with Crippen molar-refractivity contribution in [2.45, 2.75) is 18.4 Å². The van der Waals surface area contributed by atoms with E-state index >= 15 is 0 Å². The maximum absolute atomic E-state index is 12.7. The lowest BCUT2D eigenvalue weighted by Gasteiger charge is -2.15. The molecule has 9 heteroatoms. The van der Waals surface area contributed by atoms with Gasteiger partial charge >= 0.3 is 0 Å². The average molecular weight is 481 g/mol. The van der Waals surface area contributed by atoms with Gasteiger partial charge in [0, 0.05) is 32.0 Å². The van der Waals surface area contributed by atoms with Gasteiger partial charge in [0.25, 0.3) is 5.91 Å². The van der Waals surface area contributed by atoms with Crippen LogP contribution in [0.25, 0.3) is 0 Å². The van der Waals surface area contributed by atoms with E-state index in [1.54, 1.807) is 43.3 Å². The number of nitrogens with zero attached hydrogens (tertiary/aromatic N) is 1. The van der Waals surface area contributed by atoms with Crippen molar-refractivity contribution in [2.24, 2.45) is 0 Å². The SMILES string of the molecule is Cc1ccc(NC(=O)CNc2ccccc2C(=O)NCc2ccccc2)cc1S(=O)(=O)N(C)C. The highest BCUT2D eigenvalue weighted by Gasteiger charge is 2.20. The van der Waals surface area contributed by atoms with E-state index in [0.29, 0.717) is 29.0 Å². The first-order valence-electron chi connectivity index (χ1n) is 10.7. The standard InChI is InChI=1S/C25H28N4O4S/c1-18-13-14-20(15-23(18)34(32,33)29(2)3)28-24(30)17-26-22-12-8-7-11-21(22)25(31)27-16-19-9-5-4-6-10-19/h4-15,26H,16-17H2,1-3H3,(H,27,31)(H,28,30). The van der Waals surface area contributed by atoms with Gasteiger partial charge in [-0.05, 0) is 42.3 Å². The molecule has 0 aromatic heterocycles. The highest BCUT2D eigenvalue weighted by Crippen LogP contribution is 2.22. The number of aryl methyl sites for hydroxylation is 1. The van der Waals surface area contributed by atoms with Gasteiger partial charge in [-0.15, -0.1) is 0 Å². The van der Waals surface area contributed by atoms with Gasteiger partial charge in [0.2, 0.25) is 15.9 Å². The Morgan fingerprint density at radius 1 is 0.912 bits per heavy atom. The molecule has 34 heavy (non-hydrogen) atoms. The number of hydrogen-bond acceptors (Lipinski definition) is 5. The summed E-state index contributed by atoms with van der Waals surface area (Å²) < 4.78 is 26.1. The lowest BCUT2D eigenvalue weighted by atomic mass is 10.1. The van der Waals surface area contributed by atoms with Gasteiger partial charge in [0.05, 0.1) is 17.0 Å². The zero-order valence-electron chi connectivity index (χ0n) is 19.3. The number of amides is 2. The van der Waals surface area contributed by atoms with Crippen LogP contribution in [0.3, 0.4) is 0 Å². The Morgan fingerprint density at radius 3 is 2.29 bits per heavy atom. The number of carbonyl (C=O) groups is 2. The summed E-state index contributed by atoms with van der Waals surface area (Å²) in [4.78, 5) is 25.3. The van der Waals surface area contributed by atoms with Crippen LogP contribution >= 0.6 is 0 Å². The first-order valence-corrected chi connectivity index (χ1v) is 12.1. The molecule has 0 heterocycles. The van der Waals surface area contributed by atoms with Crippen molar-refractivity contribution >= 4 is 33.2 Å². The molecule has 0 aliphatic heterocycles. The van der Waals surface area contributed by atoms with E-state index in [2.05, 4.69) is 16.0 Å². The number of rotatable bonds is 9. The van der Waals surface area contributed by atoms with Crippen molar-refractivity contribution in [3.63, 3.8) is 0 Å². The van der Waals surface area contributed by atoms with Crippen molar-refractivity contribution in [2.75, 3.05) is 31.3 Å². The molecule has 0 spiro atoms. The van der Waals surface area contributed by atoms with Gasteiger partial charge < -0.3 is 16.0 Å². The van der Waals surface area contributed by atoms with Crippen LogP contribution in [-0.4, -0.2) is 45.2 Å². The second-order valence-corrected chi connectivity index (χ2v) is 10.0. The second kappa shape index (κ2) is 11.0. The quantitative estimate of drug-likeness (QED) is 0.436. The van der Waals surface area contributed by atoms with E-state index in [0.717, 1.165) is 9.87 Å². The molecule has 0 saturated heterocycles. The minimum atomic E-state index is -3.64. The van der Waals surface area contributed by atoms with Gasteiger partial charge in [0.1, 0.15) is 0 Å². The largest absolute Gasteiger partial charge is 0.376 e. The van der Waals surface area contributed by atoms with Gasteiger partial charge in [0.15, 0.2) is 0 Å². The molecule has 0 bridgehead atoms. The van der Waals surface area contributed by atoms with Crippen LogP contribution in [-0.2, 0) is 21.4 Å². The summed E-state index contributed by atoms with van der Waals surface area (Å²) in [6, 6.07) is 21.2. The smallest absolute Gasteiger partial charge is 0.253 e. The predicted molar refractivity (Wildman–Crippen MR) is 133 cm³/mol. The fourth-order valence-corrected chi connectivity index (χ4v) is 4.39. The van der Waals surface area contributed by atoms with E-state index in [4.69, 9.17) is 0 Å². The van der Waals surface area contributed by atoms with E-state index in [-0.39, 0.29) is 23.3 Å². The van der Waals surface area contributed by atoms with Crippen molar-refractivity contribution < 1.29 is 18.0 Å². The van der Waals surface area contributed by atoms with Crippen molar-refractivity contribution in [1.82, 2.24) is 9.62 Å². The molecule has 2 amide bonds. The maximum atomic E-state index is 12.7. The number of sulfonamides is 1.